The quantitative estimate of drug-likeness (QED) is 0.637. The first-order chi connectivity index (χ1) is 13.0. The highest BCUT2D eigenvalue weighted by atomic mass is 16.2. The molecule has 1 saturated heterocycles. The van der Waals surface area contributed by atoms with Crippen molar-refractivity contribution in [1.82, 2.24) is 35.7 Å². The number of nitrogens with one attached hydrogen (secondary N) is 3. The van der Waals surface area contributed by atoms with Crippen LogP contribution in [0.1, 0.15) is 26.1 Å². The number of hydrogen-bond acceptors (Lipinski definition) is 6. The first-order valence-corrected chi connectivity index (χ1v) is 9.16. The van der Waals surface area contributed by atoms with Gasteiger partial charge in [-0.05, 0) is 26.0 Å². The molecule has 3 rings (SSSR count). The maximum atomic E-state index is 12.3. The van der Waals surface area contributed by atoms with E-state index in [0.717, 1.165) is 12.1 Å². The Bertz CT molecular complexity index is 775. The van der Waals surface area contributed by atoms with E-state index in [1.807, 2.05) is 26.0 Å². The van der Waals surface area contributed by atoms with Crippen molar-refractivity contribution in [2.24, 2.45) is 0 Å². The standard InChI is InChI=1S/C18H25N7O2/c1-12(2)25-9-8-21-18(27)14(25)10-16(26)20-7-5-15-22-17(24-23-15)13-4-3-6-19-11-13/h3-4,6,11-12,14H,5,7-10H2,1-2H3,(H,20,26)(H,21,27)(H,22,23,24)/t14-/m1/s1. The number of H-pyrrole nitrogens is 1. The van der Waals surface area contributed by atoms with Gasteiger partial charge in [0.05, 0.1) is 12.5 Å². The molecule has 2 amide bonds. The van der Waals surface area contributed by atoms with Crippen LogP contribution in [0.3, 0.4) is 0 Å². The highest BCUT2D eigenvalue weighted by Gasteiger charge is 2.32. The van der Waals surface area contributed by atoms with Gasteiger partial charge >= 0.3 is 0 Å². The third-order valence-corrected chi connectivity index (χ3v) is 4.55. The number of carbonyl (C=O) groups excluding carboxylic acids is 2. The number of hydrogen-bond donors (Lipinski definition) is 3. The second-order valence-corrected chi connectivity index (χ2v) is 6.79. The van der Waals surface area contributed by atoms with Crippen LogP contribution in [0.2, 0.25) is 0 Å². The normalized spacial score (nSPS) is 17.7. The van der Waals surface area contributed by atoms with Crippen LogP contribution in [-0.2, 0) is 16.0 Å². The van der Waals surface area contributed by atoms with Crippen molar-refractivity contribution in [3.63, 3.8) is 0 Å². The van der Waals surface area contributed by atoms with Crippen molar-refractivity contribution in [2.45, 2.75) is 38.8 Å². The predicted octanol–water partition coefficient (Wildman–Crippen LogP) is 0.124. The Kier molecular flexibility index (Phi) is 6.12. The summed E-state index contributed by atoms with van der Waals surface area (Å²) in [7, 11) is 0. The van der Waals surface area contributed by atoms with E-state index >= 15 is 0 Å². The van der Waals surface area contributed by atoms with Crippen LogP contribution in [0.25, 0.3) is 11.4 Å². The van der Waals surface area contributed by atoms with Gasteiger partial charge < -0.3 is 10.6 Å². The fourth-order valence-electron chi connectivity index (χ4n) is 3.16. The van der Waals surface area contributed by atoms with Crippen LogP contribution >= 0.6 is 0 Å². The molecular weight excluding hydrogens is 346 g/mol. The van der Waals surface area contributed by atoms with Gasteiger partial charge in [-0.3, -0.25) is 24.6 Å². The minimum Gasteiger partial charge on any atom is -0.356 e. The average Bonchev–Trinajstić information content (AvgIpc) is 3.13. The summed E-state index contributed by atoms with van der Waals surface area (Å²) in [5.74, 6) is 1.04. The number of piperazine rings is 1. The lowest BCUT2D eigenvalue weighted by atomic mass is 10.1. The zero-order valence-corrected chi connectivity index (χ0v) is 15.6. The lowest BCUT2D eigenvalue weighted by Gasteiger charge is -2.37. The number of rotatable bonds is 7. The number of aromatic amines is 1. The Morgan fingerprint density at radius 3 is 3.04 bits per heavy atom. The van der Waals surface area contributed by atoms with E-state index < -0.39 is 6.04 Å². The Morgan fingerprint density at radius 1 is 1.44 bits per heavy atom. The summed E-state index contributed by atoms with van der Waals surface area (Å²) in [5, 5.41) is 12.7. The fraction of sp³-hybridized carbons (Fsp3) is 0.500. The average molecular weight is 371 g/mol. The van der Waals surface area contributed by atoms with Gasteiger partial charge in [-0.25, -0.2) is 4.98 Å². The number of aromatic nitrogens is 4. The Hall–Kier alpha value is -2.81. The van der Waals surface area contributed by atoms with Gasteiger partial charge in [-0.15, -0.1) is 0 Å². The van der Waals surface area contributed by atoms with E-state index in [0.29, 0.717) is 31.2 Å². The van der Waals surface area contributed by atoms with Crippen molar-refractivity contribution < 1.29 is 9.59 Å². The number of pyridine rings is 1. The second kappa shape index (κ2) is 8.72. The molecule has 1 aliphatic heterocycles. The van der Waals surface area contributed by atoms with Crippen molar-refractivity contribution in [3.8, 4) is 11.4 Å². The first kappa shape index (κ1) is 19.0. The van der Waals surface area contributed by atoms with Crippen molar-refractivity contribution in [3.05, 3.63) is 30.4 Å². The molecule has 3 heterocycles. The molecule has 0 bridgehead atoms. The molecule has 1 atom stereocenters. The van der Waals surface area contributed by atoms with E-state index in [1.165, 1.54) is 0 Å². The number of carbonyl (C=O) groups is 2. The summed E-state index contributed by atoms with van der Waals surface area (Å²) in [4.78, 5) is 34.9. The molecule has 0 spiro atoms. The van der Waals surface area contributed by atoms with E-state index in [4.69, 9.17) is 0 Å². The van der Waals surface area contributed by atoms with Crippen LogP contribution in [0.4, 0.5) is 0 Å². The van der Waals surface area contributed by atoms with Gasteiger partial charge in [0.1, 0.15) is 5.82 Å². The highest BCUT2D eigenvalue weighted by Crippen LogP contribution is 2.13. The number of amides is 2. The molecule has 27 heavy (non-hydrogen) atoms. The largest absolute Gasteiger partial charge is 0.356 e. The van der Waals surface area contributed by atoms with Crippen LogP contribution in [0, 0.1) is 0 Å². The van der Waals surface area contributed by atoms with Gasteiger partial charge in [0.15, 0.2) is 5.82 Å². The van der Waals surface area contributed by atoms with Gasteiger partial charge in [-0.2, -0.15) is 5.10 Å². The molecule has 3 N–H and O–H groups in total. The van der Waals surface area contributed by atoms with Gasteiger partial charge in [0, 0.05) is 50.1 Å². The molecule has 0 radical (unpaired) electrons. The topological polar surface area (TPSA) is 116 Å². The smallest absolute Gasteiger partial charge is 0.237 e. The summed E-state index contributed by atoms with van der Waals surface area (Å²) in [6.07, 6.45) is 4.08. The van der Waals surface area contributed by atoms with Crippen molar-refractivity contribution >= 4 is 11.8 Å². The second-order valence-electron chi connectivity index (χ2n) is 6.79. The van der Waals surface area contributed by atoms with E-state index in [9.17, 15) is 9.59 Å². The summed E-state index contributed by atoms with van der Waals surface area (Å²) >= 11 is 0. The highest BCUT2D eigenvalue weighted by molar-refractivity contribution is 5.88. The van der Waals surface area contributed by atoms with Crippen molar-refractivity contribution in [2.75, 3.05) is 19.6 Å². The molecule has 144 valence electrons. The predicted molar refractivity (Wildman–Crippen MR) is 99.6 cm³/mol. The fourth-order valence-corrected chi connectivity index (χ4v) is 3.16. The maximum absolute atomic E-state index is 12.3. The minimum atomic E-state index is -0.416. The summed E-state index contributed by atoms with van der Waals surface area (Å²) < 4.78 is 0. The first-order valence-electron chi connectivity index (χ1n) is 9.16. The molecule has 9 nitrogen and oxygen atoms in total. The number of nitrogens with zero attached hydrogens (tertiary/aromatic N) is 4. The van der Waals surface area contributed by atoms with Crippen LogP contribution in [0.5, 0.6) is 0 Å². The van der Waals surface area contributed by atoms with Gasteiger partial charge in [-0.1, -0.05) is 0 Å². The summed E-state index contributed by atoms with van der Waals surface area (Å²) in [6.45, 7) is 5.88. The molecule has 2 aromatic heterocycles. The SMILES string of the molecule is CC(C)N1CCNC(=O)[C@H]1CC(=O)NCCc1nc(-c2cccnc2)n[nH]1. The third-order valence-electron chi connectivity index (χ3n) is 4.55. The lowest BCUT2D eigenvalue weighted by Crippen LogP contribution is -2.58. The Balaban J connectivity index is 1.48. The monoisotopic (exact) mass is 371 g/mol. The third kappa shape index (κ3) is 4.88. The zero-order valence-electron chi connectivity index (χ0n) is 15.6. The zero-order chi connectivity index (χ0) is 19.2. The van der Waals surface area contributed by atoms with Crippen LogP contribution < -0.4 is 10.6 Å². The molecule has 0 aromatic carbocycles. The van der Waals surface area contributed by atoms with Gasteiger partial charge in [0.25, 0.3) is 0 Å². The lowest BCUT2D eigenvalue weighted by molar-refractivity contribution is -0.134. The molecule has 0 aliphatic carbocycles. The minimum absolute atomic E-state index is 0.0820. The summed E-state index contributed by atoms with van der Waals surface area (Å²) in [6, 6.07) is 3.51. The Morgan fingerprint density at radius 2 is 2.30 bits per heavy atom. The summed E-state index contributed by atoms with van der Waals surface area (Å²) in [5.41, 5.74) is 0.834. The van der Waals surface area contributed by atoms with Crippen molar-refractivity contribution in [1.29, 1.82) is 0 Å². The molecule has 1 aliphatic rings. The van der Waals surface area contributed by atoms with Gasteiger partial charge in [0.2, 0.25) is 11.8 Å². The molecule has 0 unspecified atom stereocenters. The van der Waals surface area contributed by atoms with E-state index in [2.05, 4.69) is 35.7 Å². The molecule has 2 aromatic rings. The maximum Gasteiger partial charge on any atom is 0.237 e. The van der Waals surface area contributed by atoms with Crippen LogP contribution in [0.15, 0.2) is 24.5 Å². The molecular formula is C18H25N7O2. The molecule has 9 heteroatoms. The van der Waals surface area contributed by atoms with E-state index in [-0.39, 0.29) is 24.3 Å². The molecule has 1 fully saturated rings. The molecule has 0 saturated carbocycles. The van der Waals surface area contributed by atoms with Crippen LogP contribution in [-0.4, -0.2) is 68.6 Å². The Labute approximate surface area is 158 Å². The van der Waals surface area contributed by atoms with E-state index in [1.54, 1.807) is 12.4 Å².